The van der Waals surface area contributed by atoms with Crippen LogP contribution in [-0.2, 0) is 14.3 Å². The Balaban J connectivity index is 2.63. The molecule has 0 heterocycles. The molecule has 0 bridgehead atoms. The normalized spacial score (nSPS) is 12.2. The van der Waals surface area contributed by atoms with E-state index in [1.807, 2.05) is 19.1 Å². The molecule has 0 saturated carbocycles. The Bertz CT molecular complexity index is 511. The summed E-state index contributed by atoms with van der Waals surface area (Å²) in [6, 6.07) is 4.82. The van der Waals surface area contributed by atoms with Crippen molar-refractivity contribution in [2.24, 2.45) is 0 Å². The molecule has 0 saturated heterocycles. The maximum atomic E-state index is 11.6. The van der Waals surface area contributed by atoms with Gasteiger partial charge in [0.05, 0.1) is 7.11 Å². The molecule has 1 rings (SSSR count). The zero-order chi connectivity index (χ0) is 14.4. The molecular formula is C14H16ClNO3. The van der Waals surface area contributed by atoms with E-state index >= 15 is 0 Å². The van der Waals surface area contributed by atoms with Gasteiger partial charge in [-0.2, -0.15) is 0 Å². The minimum absolute atomic E-state index is 0.366. The molecule has 1 amide bonds. The summed E-state index contributed by atoms with van der Waals surface area (Å²) in [5, 5.41) is 3.14. The lowest BCUT2D eigenvalue weighted by Crippen LogP contribution is -2.38. The molecule has 102 valence electrons. The van der Waals surface area contributed by atoms with Gasteiger partial charge in [-0.05, 0) is 37.1 Å². The second-order valence-corrected chi connectivity index (χ2v) is 4.50. The van der Waals surface area contributed by atoms with Crippen molar-refractivity contribution in [3.63, 3.8) is 0 Å². The van der Waals surface area contributed by atoms with Gasteiger partial charge in [0, 0.05) is 11.1 Å². The first-order valence-electron chi connectivity index (χ1n) is 5.76. The Morgan fingerprint density at radius 1 is 1.42 bits per heavy atom. The first-order valence-corrected chi connectivity index (χ1v) is 6.14. The number of carbonyl (C=O) groups is 2. The quantitative estimate of drug-likeness (QED) is 0.681. The van der Waals surface area contributed by atoms with E-state index in [2.05, 4.69) is 10.1 Å². The number of aryl methyl sites for hydroxylation is 1. The van der Waals surface area contributed by atoms with Gasteiger partial charge in [0.15, 0.2) is 0 Å². The van der Waals surface area contributed by atoms with Crippen molar-refractivity contribution in [2.45, 2.75) is 19.9 Å². The summed E-state index contributed by atoms with van der Waals surface area (Å²) in [7, 11) is 1.27. The zero-order valence-electron chi connectivity index (χ0n) is 11.1. The predicted molar refractivity (Wildman–Crippen MR) is 74.8 cm³/mol. The molecule has 0 spiro atoms. The number of rotatable bonds is 4. The second kappa shape index (κ2) is 6.95. The third-order valence-corrected chi connectivity index (χ3v) is 2.94. The molecule has 4 nitrogen and oxygen atoms in total. The highest BCUT2D eigenvalue weighted by molar-refractivity contribution is 6.31. The van der Waals surface area contributed by atoms with E-state index in [1.54, 1.807) is 19.1 Å². The van der Waals surface area contributed by atoms with Crippen LogP contribution in [0.15, 0.2) is 24.3 Å². The third-order valence-electron chi connectivity index (χ3n) is 2.54. The SMILES string of the molecule is COC(=O)C(C)NC(=O)C=Cc1ccc(C)c(Cl)c1. The van der Waals surface area contributed by atoms with E-state index in [4.69, 9.17) is 11.6 Å². The predicted octanol–water partition coefficient (Wildman–Crippen LogP) is 2.34. The third kappa shape index (κ3) is 4.75. The molecule has 1 unspecified atom stereocenters. The van der Waals surface area contributed by atoms with Gasteiger partial charge in [0.1, 0.15) is 6.04 Å². The lowest BCUT2D eigenvalue weighted by molar-refractivity contribution is -0.144. The van der Waals surface area contributed by atoms with Crippen molar-refractivity contribution in [2.75, 3.05) is 7.11 Å². The van der Waals surface area contributed by atoms with Crippen LogP contribution in [0.2, 0.25) is 5.02 Å². The van der Waals surface area contributed by atoms with Crippen molar-refractivity contribution in [1.82, 2.24) is 5.32 Å². The van der Waals surface area contributed by atoms with Crippen molar-refractivity contribution in [1.29, 1.82) is 0 Å². The number of nitrogens with one attached hydrogen (secondary N) is 1. The van der Waals surface area contributed by atoms with Crippen LogP contribution in [0.4, 0.5) is 0 Å². The molecule has 0 aliphatic rings. The van der Waals surface area contributed by atoms with Crippen LogP contribution in [0, 0.1) is 6.92 Å². The number of hydrogen-bond acceptors (Lipinski definition) is 3. The number of halogens is 1. The fourth-order valence-electron chi connectivity index (χ4n) is 1.38. The van der Waals surface area contributed by atoms with E-state index in [-0.39, 0.29) is 5.91 Å². The zero-order valence-corrected chi connectivity index (χ0v) is 11.8. The van der Waals surface area contributed by atoms with Crippen molar-refractivity contribution in [3.8, 4) is 0 Å². The largest absolute Gasteiger partial charge is 0.467 e. The van der Waals surface area contributed by atoms with E-state index < -0.39 is 12.0 Å². The molecule has 0 radical (unpaired) electrons. The van der Waals surface area contributed by atoms with Gasteiger partial charge < -0.3 is 10.1 Å². The fourth-order valence-corrected chi connectivity index (χ4v) is 1.57. The molecule has 1 aromatic carbocycles. The standard InChI is InChI=1S/C14H16ClNO3/c1-9-4-5-11(8-12(9)15)6-7-13(17)16-10(2)14(18)19-3/h4-8,10H,1-3H3,(H,16,17). The summed E-state index contributed by atoms with van der Waals surface area (Å²) >= 11 is 5.98. The number of ether oxygens (including phenoxy) is 1. The van der Waals surface area contributed by atoms with Crippen LogP contribution in [0.5, 0.6) is 0 Å². The average Bonchev–Trinajstić information content (AvgIpc) is 2.39. The molecular weight excluding hydrogens is 266 g/mol. The number of methoxy groups -OCH3 is 1. The fraction of sp³-hybridized carbons (Fsp3) is 0.286. The molecule has 1 N–H and O–H groups in total. The van der Waals surface area contributed by atoms with Gasteiger partial charge in [-0.1, -0.05) is 23.7 Å². The Morgan fingerprint density at radius 3 is 2.68 bits per heavy atom. The second-order valence-electron chi connectivity index (χ2n) is 4.10. The van der Waals surface area contributed by atoms with Crippen LogP contribution in [0.3, 0.4) is 0 Å². The van der Waals surface area contributed by atoms with E-state index in [0.717, 1.165) is 11.1 Å². The van der Waals surface area contributed by atoms with E-state index in [1.165, 1.54) is 13.2 Å². The summed E-state index contributed by atoms with van der Waals surface area (Å²) in [6.45, 7) is 3.46. The summed E-state index contributed by atoms with van der Waals surface area (Å²) in [6.07, 6.45) is 2.98. The Morgan fingerprint density at radius 2 is 2.11 bits per heavy atom. The Kier molecular flexibility index (Phi) is 5.57. The molecule has 0 aromatic heterocycles. The smallest absolute Gasteiger partial charge is 0.328 e. The van der Waals surface area contributed by atoms with Crippen LogP contribution in [0.1, 0.15) is 18.1 Å². The number of benzene rings is 1. The van der Waals surface area contributed by atoms with Gasteiger partial charge in [-0.3, -0.25) is 4.79 Å². The lowest BCUT2D eigenvalue weighted by atomic mass is 10.1. The molecule has 0 aliphatic heterocycles. The number of esters is 1. The van der Waals surface area contributed by atoms with Crippen LogP contribution in [-0.4, -0.2) is 25.0 Å². The van der Waals surface area contributed by atoms with Crippen LogP contribution < -0.4 is 5.32 Å². The van der Waals surface area contributed by atoms with Crippen LogP contribution in [0.25, 0.3) is 6.08 Å². The molecule has 0 fully saturated rings. The van der Waals surface area contributed by atoms with Gasteiger partial charge in [0.2, 0.25) is 5.91 Å². The van der Waals surface area contributed by atoms with Crippen molar-refractivity contribution < 1.29 is 14.3 Å². The number of amides is 1. The first-order chi connectivity index (χ1) is 8.93. The first kappa shape index (κ1) is 15.2. The number of hydrogen-bond donors (Lipinski definition) is 1. The minimum Gasteiger partial charge on any atom is -0.467 e. The van der Waals surface area contributed by atoms with Crippen LogP contribution >= 0.6 is 11.6 Å². The topological polar surface area (TPSA) is 55.4 Å². The highest BCUT2D eigenvalue weighted by Gasteiger charge is 2.13. The molecule has 19 heavy (non-hydrogen) atoms. The highest BCUT2D eigenvalue weighted by Crippen LogP contribution is 2.17. The molecule has 5 heteroatoms. The highest BCUT2D eigenvalue weighted by atomic mass is 35.5. The molecule has 1 atom stereocenters. The maximum Gasteiger partial charge on any atom is 0.328 e. The van der Waals surface area contributed by atoms with E-state index in [0.29, 0.717) is 5.02 Å². The van der Waals surface area contributed by atoms with Gasteiger partial charge >= 0.3 is 5.97 Å². The van der Waals surface area contributed by atoms with Gasteiger partial charge in [0.25, 0.3) is 0 Å². The monoisotopic (exact) mass is 281 g/mol. The van der Waals surface area contributed by atoms with E-state index in [9.17, 15) is 9.59 Å². The summed E-state index contributed by atoms with van der Waals surface area (Å²) in [5.41, 5.74) is 1.79. The summed E-state index contributed by atoms with van der Waals surface area (Å²) in [4.78, 5) is 22.7. The maximum absolute atomic E-state index is 11.6. The van der Waals surface area contributed by atoms with Crippen molar-refractivity contribution >= 4 is 29.6 Å². The van der Waals surface area contributed by atoms with Crippen molar-refractivity contribution in [3.05, 3.63) is 40.4 Å². The Hall–Kier alpha value is -1.81. The van der Waals surface area contributed by atoms with Gasteiger partial charge in [-0.25, -0.2) is 4.79 Å². The number of carbonyl (C=O) groups excluding carboxylic acids is 2. The van der Waals surface area contributed by atoms with Gasteiger partial charge in [-0.15, -0.1) is 0 Å². The average molecular weight is 282 g/mol. The summed E-state index contributed by atoms with van der Waals surface area (Å²) in [5.74, 6) is -0.852. The lowest BCUT2D eigenvalue weighted by Gasteiger charge is -2.09. The molecule has 0 aliphatic carbocycles. The minimum atomic E-state index is -0.677. The molecule has 1 aromatic rings. The summed E-state index contributed by atoms with van der Waals surface area (Å²) < 4.78 is 4.51. The Labute approximate surface area is 117 Å².